The van der Waals surface area contributed by atoms with E-state index in [9.17, 15) is 0 Å². The van der Waals surface area contributed by atoms with Crippen LogP contribution in [0.3, 0.4) is 0 Å². The molecule has 0 aliphatic heterocycles. The Kier molecular flexibility index (Phi) is 11.3. The van der Waals surface area contributed by atoms with Gasteiger partial charge in [-0.15, -0.1) is 0 Å². The fourth-order valence-corrected chi connectivity index (χ4v) is 2.40. The van der Waals surface area contributed by atoms with Crippen LogP contribution in [0.4, 0.5) is 0 Å². The minimum Gasteiger partial charge on any atom is -0.396 e. The highest BCUT2D eigenvalue weighted by Crippen LogP contribution is 2.25. The van der Waals surface area contributed by atoms with E-state index in [4.69, 9.17) is 5.11 Å². The van der Waals surface area contributed by atoms with Gasteiger partial charge in [0.2, 0.25) is 0 Å². The second-order valence-corrected chi connectivity index (χ2v) is 4.69. The van der Waals surface area contributed by atoms with Crippen LogP contribution in [0.15, 0.2) is 0 Å². The number of aliphatic hydroxyl groups is 1. The minimum atomic E-state index is 0.319. The molecule has 0 aromatic heterocycles. The molecule has 1 rings (SSSR count). The summed E-state index contributed by atoms with van der Waals surface area (Å²) in [5, 5.41) is 11.5. The zero-order valence-electron chi connectivity index (χ0n) is 11.5. The predicted octanol–water partition coefficient (Wildman–Crippen LogP) is 3.34. The summed E-state index contributed by atoms with van der Waals surface area (Å²) in [6, 6.07) is 0.822. The van der Waals surface area contributed by atoms with Crippen molar-refractivity contribution in [3.63, 3.8) is 0 Å². The van der Waals surface area contributed by atoms with Gasteiger partial charge in [0, 0.05) is 12.6 Å². The van der Waals surface area contributed by atoms with Crippen molar-refractivity contribution in [2.24, 2.45) is 5.92 Å². The summed E-state index contributed by atoms with van der Waals surface area (Å²) in [7, 11) is 0. The fraction of sp³-hybridized carbons (Fsp3) is 1.00. The van der Waals surface area contributed by atoms with Crippen LogP contribution >= 0.6 is 0 Å². The average molecular weight is 229 g/mol. The normalized spacial score (nSPS) is 25.5. The van der Waals surface area contributed by atoms with E-state index >= 15 is 0 Å². The zero-order valence-corrected chi connectivity index (χ0v) is 11.5. The third-order valence-corrected chi connectivity index (χ3v) is 3.37. The zero-order chi connectivity index (χ0) is 12.2. The van der Waals surface area contributed by atoms with Crippen molar-refractivity contribution in [1.29, 1.82) is 0 Å². The quantitative estimate of drug-likeness (QED) is 0.725. The number of aliphatic hydroxyl groups excluding tert-OH is 1. The van der Waals surface area contributed by atoms with Crippen molar-refractivity contribution in [3.8, 4) is 0 Å². The molecule has 98 valence electrons. The molecular weight excluding hydrogens is 198 g/mol. The highest BCUT2D eigenvalue weighted by Gasteiger charge is 2.20. The molecule has 2 heteroatoms. The van der Waals surface area contributed by atoms with Gasteiger partial charge in [0.1, 0.15) is 0 Å². The van der Waals surface area contributed by atoms with Gasteiger partial charge in [-0.1, -0.05) is 46.5 Å². The lowest BCUT2D eigenvalue weighted by atomic mass is 9.92. The van der Waals surface area contributed by atoms with Crippen molar-refractivity contribution >= 4 is 0 Å². The van der Waals surface area contributed by atoms with E-state index in [1.165, 1.54) is 38.5 Å². The summed E-state index contributed by atoms with van der Waals surface area (Å²) in [4.78, 5) is 0. The average Bonchev–Trinajstić information content (AvgIpc) is 2.55. The van der Waals surface area contributed by atoms with Gasteiger partial charge in [-0.3, -0.25) is 0 Å². The Morgan fingerprint density at radius 3 is 2.19 bits per heavy atom. The molecule has 2 N–H and O–H groups in total. The molecule has 2 unspecified atom stereocenters. The molecule has 0 amide bonds. The van der Waals surface area contributed by atoms with Crippen LogP contribution in [-0.4, -0.2) is 24.3 Å². The van der Waals surface area contributed by atoms with Crippen LogP contribution in [0.5, 0.6) is 0 Å². The lowest BCUT2D eigenvalue weighted by Crippen LogP contribution is -2.35. The lowest BCUT2D eigenvalue weighted by molar-refractivity contribution is 0.295. The predicted molar refractivity (Wildman–Crippen MR) is 71.7 cm³/mol. The van der Waals surface area contributed by atoms with Gasteiger partial charge in [-0.25, -0.2) is 0 Å². The standard InChI is InChI=1S/C11H23N.C3H8O/c1-3-10-8-6-5-7-9-11(10)12-4-2;1-2-3-4/h10-12H,3-9H2,1-2H3;4H,2-3H2,1H3. The van der Waals surface area contributed by atoms with Crippen LogP contribution in [0.1, 0.15) is 65.7 Å². The number of nitrogens with one attached hydrogen (secondary N) is 1. The first-order valence-electron chi connectivity index (χ1n) is 7.14. The highest BCUT2D eigenvalue weighted by atomic mass is 16.2. The van der Waals surface area contributed by atoms with Gasteiger partial charge in [0.05, 0.1) is 0 Å². The lowest BCUT2D eigenvalue weighted by Gasteiger charge is -2.24. The molecule has 0 saturated heterocycles. The molecule has 0 aromatic rings. The molecule has 1 aliphatic carbocycles. The molecular formula is C14H31NO. The summed E-state index contributed by atoms with van der Waals surface area (Å²) < 4.78 is 0. The van der Waals surface area contributed by atoms with Gasteiger partial charge >= 0.3 is 0 Å². The van der Waals surface area contributed by atoms with Crippen molar-refractivity contribution < 1.29 is 5.11 Å². The Morgan fingerprint density at radius 1 is 1.06 bits per heavy atom. The van der Waals surface area contributed by atoms with Crippen molar-refractivity contribution in [2.45, 2.75) is 71.8 Å². The van der Waals surface area contributed by atoms with Crippen molar-refractivity contribution in [1.82, 2.24) is 5.32 Å². The first-order valence-corrected chi connectivity index (χ1v) is 7.14. The molecule has 0 radical (unpaired) electrons. The van der Waals surface area contributed by atoms with E-state index in [2.05, 4.69) is 19.2 Å². The molecule has 0 bridgehead atoms. The second-order valence-electron chi connectivity index (χ2n) is 4.69. The summed E-state index contributed by atoms with van der Waals surface area (Å²) in [6.45, 7) is 7.94. The van der Waals surface area contributed by atoms with E-state index in [0.29, 0.717) is 6.61 Å². The van der Waals surface area contributed by atoms with Gasteiger partial charge < -0.3 is 10.4 Å². The Labute approximate surface area is 102 Å². The minimum absolute atomic E-state index is 0.319. The van der Waals surface area contributed by atoms with Crippen LogP contribution in [0, 0.1) is 5.92 Å². The van der Waals surface area contributed by atoms with Crippen LogP contribution in [0.2, 0.25) is 0 Å². The van der Waals surface area contributed by atoms with Crippen LogP contribution in [0.25, 0.3) is 0 Å². The smallest absolute Gasteiger partial charge is 0.0428 e. The van der Waals surface area contributed by atoms with Crippen LogP contribution in [-0.2, 0) is 0 Å². The number of hydrogen-bond acceptors (Lipinski definition) is 2. The molecule has 1 aliphatic rings. The number of hydrogen-bond donors (Lipinski definition) is 2. The number of rotatable bonds is 4. The first kappa shape index (κ1) is 15.9. The molecule has 16 heavy (non-hydrogen) atoms. The van der Waals surface area contributed by atoms with Crippen molar-refractivity contribution in [3.05, 3.63) is 0 Å². The first-order chi connectivity index (χ1) is 7.79. The molecule has 0 aromatic carbocycles. The molecule has 1 fully saturated rings. The summed E-state index contributed by atoms with van der Waals surface area (Å²) in [5.41, 5.74) is 0. The molecule has 2 nitrogen and oxygen atoms in total. The maximum Gasteiger partial charge on any atom is 0.0428 e. The van der Waals surface area contributed by atoms with Crippen molar-refractivity contribution in [2.75, 3.05) is 13.2 Å². The largest absolute Gasteiger partial charge is 0.396 e. The Bertz CT molecular complexity index is 137. The maximum atomic E-state index is 7.88. The monoisotopic (exact) mass is 229 g/mol. The van der Waals surface area contributed by atoms with Gasteiger partial charge in [0.15, 0.2) is 0 Å². The van der Waals surface area contributed by atoms with Gasteiger partial charge in [-0.2, -0.15) is 0 Å². The third-order valence-electron chi connectivity index (χ3n) is 3.37. The second kappa shape index (κ2) is 11.4. The van der Waals surface area contributed by atoms with E-state index < -0.39 is 0 Å². The van der Waals surface area contributed by atoms with E-state index in [-0.39, 0.29) is 0 Å². The maximum absolute atomic E-state index is 7.88. The highest BCUT2D eigenvalue weighted by molar-refractivity contribution is 4.77. The fourth-order valence-electron chi connectivity index (χ4n) is 2.40. The molecule has 2 atom stereocenters. The topological polar surface area (TPSA) is 32.3 Å². The third kappa shape index (κ3) is 7.24. The Hall–Kier alpha value is -0.0800. The van der Waals surface area contributed by atoms with Crippen LogP contribution < -0.4 is 5.32 Å². The Balaban J connectivity index is 0.000000487. The van der Waals surface area contributed by atoms with E-state index in [1.54, 1.807) is 0 Å². The van der Waals surface area contributed by atoms with E-state index in [1.807, 2.05) is 6.92 Å². The van der Waals surface area contributed by atoms with E-state index in [0.717, 1.165) is 24.9 Å². The molecule has 0 heterocycles. The SMILES string of the molecule is CCCO.CCNC1CCCCCC1CC. The summed E-state index contributed by atoms with van der Waals surface area (Å²) in [5.74, 6) is 0.951. The van der Waals surface area contributed by atoms with Gasteiger partial charge in [0.25, 0.3) is 0 Å². The summed E-state index contributed by atoms with van der Waals surface area (Å²) >= 11 is 0. The Morgan fingerprint density at radius 2 is 1.69 bits per heavy atom. The molecule has 1 saturated carbocycles. The molecule has 0 spiro atoms. The summed E-state index contributed by atoms with van der Waals surface area (Å²) in [6.07, 6.45) is 9.45. The van der Waals surface area contributed by atoms with Gasteiger partial charge in [-0.05, 0) is 31.7 Å².